The number of likely N-dealkylation sites (tertiary alicyclic amines) is 1. The monoisotopic (exact) mass is 585 g/mol. The number of benzene rings is 4. The van der Waals surface area contributed by atoms with Crippen LogP contribution in [0.3, 0.4) is 0 Å². The zero-order valence-corrected chi connectivity index (χ0v) is 25.6. The number of amides is 2. The second-order valence-corrected chi connectivity index (χ2v) is 12.0. The van der Waals surface area contributed by atoms with E-state index in [4.69, 9.17) is 4.74 Å². The number of allylic oxidation sites excluding steroid dienone is 2. The van der Waals surface area contributed by atoms with Gasteiger partial charge in [-0.1, -0.05) is 84.4 Å². The summed E-state index contributed by atoms with van der Waals surface area (Å²) in [6, 6.07) is 31.1. The highest BCUT2D eigenvalue weighted by atomic mass is 16.6. The van der Waals surface area contributed by atoms with Gasteiger partial charge in [-0.3, -0.25) is 14.6 Å². The summed E-state index contributed by atoms with van der Waals surface area (Å²) in [5, 5.41) is 3.00. The lowest BCUT2D eigenvalue weighted by atomic mass is 9.94. The molecule has 1 fully saturated rings. The first-order valence-electron chi connectivity index (χ1n) is 15.4. The van der Waals surface area contributed by atoms with Crippen LogP contribution in [0.15, 0.2) is 109 Å². The van der Waals surface area contributed by atoms with E-state index in [-0.39, 0.29) is 5.91 Å². The third-order valence-corrected chi connectivity index (χ3v) is 8.61. The minimum atomic E-state index is -0.502. The number of carbonyl (C=O) groups is 2. The SMILES string of the molecule is CC(C)=CC1CCN(Cc2ccc(C(=O)Nc3ccccc3N(C)C(=O)OC3c4ccccc4-c4ccccc43)cc2)CC1. The first-order chi connectivity index (χ1) is 21.4. The van der Waals surface area contributed by atoms with Gasteiger partial charge in [0.2, 0.25) is 0 Å². The van der Waals surface area contributed by atoms with Crippen molar-refractivity contribution in [2.45, 2.75) is 39.3 Å². The number of carbonyl (C=O) groups excluding carboxylic acids is 2. The first kappa shape index (κ1) is 29.4. The molecule has 6 rings (SSSR count). The number of fused-ring (bicyclic) bond motifs is 3. The Bertz CT molecular complexity index is 1640. The van der Waals surface area contributed by atoms with Gasteiger partial charge in [-0.05, 0) is 86.7 Å². The van der Waals surface area contributed by atoms with Crippen LogP contribution in [0.25, 0.3) is 11.1 Å². The fourth-order valence-electron chi connectivity index (χ4n) is 6.35. The van der Waals surface area contributed by atoms with Crippen LogP contribution < -0.4 is 10.2 Å². The maximum absolute atomic E-state index is 13.5. The molecule has 1 aliphatic carbocycles. The van der Waals surface area contributed by atoms with Crippen molar-refractivity contribution in [1.82, 2.24) is 4.90 Å². The van der Waals surface area contributed by atoms with E-state index in [0.29, 0.717) is 22.9 Å². The van der Waals surface area contributed by atoms with E-state index < -0.39 is 12.2 Å². The Morgan fingerprint density at radius 3 is 2.07 bits per heavy atom. The van der Waals surface area contributed by atoms with Gasteiger partial charge < -0.3 is 10.1 Å². The smallest absolute Gasteiger partial charge is 0.415 e. The molecular formula is C38H39N3O3. The average Bonchev–Trinajstić information content (AvgIpc) is 3.35. The van der Waals surface area contributed by atoms with Crippen molar-refractivity contribution in [1.29, 1.82) is 0 Å². The summed E-state index contributed by atoms with van der Waals surface area (Å²) in [5.74, 6) is 0.453. The maximum Gasteiger partial charge on any atom is 0.415 e. The molecule has 0 aromatic heterocycles. The van der Waals surface area contributed by atoms with Crippen LogP contribution >= 0.6 is 0 Å². The molecule has 1 saturated heterocycles. The number of anilines is 2. The number of rotatable bonds is 7. The molecule has 2 aliphatic rings. The normalized spacial score (nSPS) is 14.8. The fraction of sp³-hybridized carbons (Fsp3) is 0.263. The summed E-state index contributed by atoms with van der Waals surface area (Å²) in [5.41, 5.74) is 8.33. The topological polar surface area (TPSA) is 61.9 Å². The summed E-state index contributed by atoms with van der Waals surface area (Å²) >= 11 is 0. The Kier molecular flexibility index (Phi) is 8.62. The maximum atomic E-state index is 13.5. The van der Waals surface area contributed by atoms with Crippen molar-refractivity contribution in [3.05, 3.63) is 131 Å². The van der Waals surface area contributed by atoms with E-state index in [9.17, 15) is 9.59 Å². The summed E-state index contributed by atoms with van der Waals surface area (Å²) in [6.45, 7) is 7.40. The van der Waals surface area contributed by atoms with Gasteiger partial charge in [0.25, 0.3) is 5.91 Å². The average molecular weight is 586 g/mol. The molecule has 0 radical (unpaired) electrons. The van der Waals surface area contributed by atoms with Crippen molar-refractivity contribution in [3.63, 3.8) is 0 Å². The molecule has 44 heavy (non-hydrogen) atoms. The number of nitrogens with zero attached hydrogens (tertiary/aromatic N) is 2. The highest BCUT2D eigenvalue weighted by Gasteiger charge is 2.32. The molecule has 0 spiro atoms. The van der Waals surface area contributed by atoms with Crippen LogP contribution in [0.2, 0.25) is 0 Å². The van der Waals surface area contributed by atoms with Crippen LogP contribution in [0.5, 0.6) is 0 Å². The molecule has 0 unspecified atom stereocenters. The predicted molar refractivity (Wildman–Crippen MR) is 177 cm³/mol. The van der Waals surface area contributed by atoms with Gasteiger partial charge in [-0.25, -0.2) is 4.79 Å². The summed E-state index contributed by atoms with van der Waals surface area (Å²) < 4.78 is 6.09. The number of ether oxygens (including phenoxy) is 1. The largest absolute Gasteiger partial charge is 0.436 e. The molecule has 224 valence electrons. The zero-order valence-electron chi connectivity index (χ0n) is 25.6. The van der Waals surface area contributed by atoms with E-state index in [2.05, 4.69) is 42.3 Å². The summed E-state index contributed by atoms with van der Waals surface area (Å²) in [6.07, 6.45) is 3.78. The van der Waals surface area contributed by atoms with Gasteiger partial charge in [0, 0.05) is 30.3 Å². The highest BCUT2D eigenvalue weighted by Crippen LogP contribution is 2.45. The zero-order chi connectivity index (χ0) is 30.6. The lowest BCUT2D eigenvalue weighted by molar-refractivity contribution is 0.102. The van der Waals surface area contributed by atoms with E-state index in [1.807, 2.05) is 72.8 Å². The number of hydrogen-bond donors (Lipinski definition) is 1. The predicted octanol–water partition coefficient (Wildman–Crippen LogP) is 8.46. The number of hydrogen-bond acceptors (Lipinski definition) is 4. The van der Waals surface area contributed by atoms with Crippen molar-refractivity contribution < 1.29 is 14.3 Å². The van der Waals surface area contributed by atoms with Crippen LogP contribution in [0.1, 0.15) is 59.8 Å². The third kappa shape index (κ3) is 6.31. The van der Waals surface area contributed by atoms with E-state index in [1.54, 1.807) is 19.2 Å². The van der Waals surface area contributed by atoms with Gasteiger partial charge in [0.05, 0.1) is 11.4 Å². The van der Waals surface area contributed by atoms with Crippen LogP contribution in [0.4, 0.5) is 16.2 Å². The van der Waals surface area contributed by atoms with E-state index in [1.165, 1.54) is 28.9 Å². The molecule has 6 heteroatoms. The lowest BCUT2D eigenvalue weighted by Crippen LogP contribution is -2.32. The summed E-state index contributed by atoms with van der Waals surface area (Å²) in [4.78, 5) is 30.7. The minimum absolute atomic E-state index is 0.230. The second kappa shape index (κ2) is 12.9. The Morgan fingerprint density at radius 1 is 0.841 bits per heavy atom. The lowest BCUT2D eigenvalue weighted by Gasteiger charge is -2.31. The first-order valence-corrected chi connectivity index (χ1v) is 15.4. The molecule has 1 N–H and O–H groups in total. The molecular weight excluding hydrogens is 546 g/mol. The van der Waals surface area contributed by atoms with Gasteiger partial charge >= 0.3 is 6.09 Å². The molecule has 4 aromatic carbocycles. The number of para-hydroxylation sites is 2. The Morgan fingerprint density at radius 2 is 1.43 bits per heavy atom. The molecule has 1 aliphatic heterocycles. The summed E-state index contributed by atoms with van der Waals surface area (Å²) in [7, 11) is 1.66. The molecule has 1 heterocycles. The van der Waals surface area contributed by atoms with Crippen molar-refractivity contribution in [3.8, 4) is 11.1 Å². The fourth-order valence-corrected chi connectivity index (χ4v) is 6.35. The van der Waals surface area contributed by atoms with E-state index in [0.717, 1.165) is 41.9 Å². The molecule has 0 saturated carbocycles. The standard InChI is InChI=1S/C38H39N3O3/c1-26(2)24-27-20-22-41(23-21-27)25-28-16-18-29(19-17-28)37(42)39-34-14-8-9-15-35(34)40(3)38(43)44-36-32-12-6-4-10-30(32)31-11-5-7-13-33(31)36/h4-19,24,27,36H,20-23,25H2,1-3H3,(H,39,42). The Labute approximate surface area is 260 Å². The molecule has 0 bridgehead atoms. The van der Waals surface area contributed by atoms with Gasteiger partial charge in [-0.15, -0.1) is 0 Å². The Hall–Kier alpha value is -4.68. The molecule has 4 aromatic rings. The van der Waals surface area contributed by atoms with Gasteiger partial charge in [0.15, 0.2) is 6.10 Å². The van der Waals surface area contributed by atoms with Gasteiger partial charge in [0.1, 0.15) is 0 Å². The quantitative estimate of drug-likeness (QED) is 0.221. The highest BCUT2D eigenvalue weighted by molar-refractivity contribution is 6.07. The molecule has 6 nitrogen and oxygen atoms in total. The van der Waals surface area contributed by atoms with Crippen molar-refractivity contribution in [2.75, 3.05) is 30.4 Å². The number of nitrogens with one attached hydrogen (secondary N) is 1. The number of piperidine rings is 1. The van der Waals surface area contributed by atoms with Crippen molar-refractivity contribution in [2.24, 2.45) is 5.92 Å². The molecule has 0 atom stereocenters. The van der Waals surface area contributed by atoms with E-state index >= 15 is 0 Å². The van der Waals surface area contributed by atoms with Gasteiger partial charge in [-0.2, -0.15) is 0 Å². The Balaban J connectivity index is 1.10. The van der Waals surface area contributed by atoms with Crippen LogP contribution in [-0.4, -0.2) is 37.0 Å². The van der Waals surface area contributed by atoms with Crippen LogP contribution in [-0.2, 0) is 11.3 Å². The third-order valence-electron chi connectivity index (χ3n) is 8.61. The van der Waals surface area contributed by atoms with Crippen molar-refractivity contribution >= 4 is 23.4 Å². The second-order valence-electron chi connectivity index (χ2n) is 12.0. The minimum Gasteiger partial charge on any atom is -0.436 e. The van der Waals surface area contributed by atoms with Crippen LogP contribution in [0, 0.1) is 5.92 Å². The molecule has 2 amide bonds.